The van der Waals surface area contributed by atoms with Crippen molar-refractivity contribution in [3.05, 3.63) is 95.7 Å². The van der Waals surface area contributed by atoms with Crippen LogP contribution >= 0.6 is 0 Å². The van der Waals surface area contributed by atoms with Gasteiger partial charge in [-0.15, -0.1) is 0 Å². The third kappa shape index (κ3) is 8.17. The molecule has 1 saturated heterocycles. The van der Waals surface area contributed by atoms with Crippen molar-refractivity contribution in [1.82, 2.24) is 15.1 Å². The number of carbonyl (C=O) groups is 1. The van der Waals surface area contributed by atoms with E-state index in [1.54, 1.807) is 6.08 Å². The summed E-state index contributed by atoms with van der Waals surface area (Å²) in [6.07, 6.45) is 22.9. The Bertz CT molecular complexity index is 1790. The molecule has 1 aromatic heterocycles. The van der Waals surface area contributed by atoms with Crippen molar-refractivity contribution in [2.24, 2.45) is 28.7 Å². The number of rotatable bonds is 9. The molecule has 0 spiro atoms. The van der Waals surface area contributed by atoms with Crippen LogP contribution in [0.15, 0.2) is 83.9 Å². The number of aromatic nitrogens is 2. The third-order valence-electron chi connectivity index (χ3n) is 11.8. The van der Waals surface area contributed by atoms with Crippen LogP contribution in [-0.4, -0.2) is 45.7 Å². The van der Waals surface area contributed by atoms with E-state index < -0.39 is 0 Å². The van der Waals surface area contributed by atoms with E-state index in [2.05, 4.69) is 79.2 Å². The highest BCUT2D eigenvalue weighted by Crippen LogP contribution is 2.40. The Hall–Kier alpha value is -4.16. The van der Waals surface area contributed by atoms with Crippen molar-refractivity contribution in [1.29, 1.82) is 0 Å². The van der Waals surface area contributed by atoms with Gasteiger partial charge in [-0.2, -0.15) is 10.2 Å². The SMILES string of the molecule is CCC1C=Cc2cc(CC3CC=CC=CC(=O)C3C)c(Oc3ccc(-c4ccc(C(C)C)nn4)cc3)cc2N=C1C1CCN(C2CCCC2)CC1. The van der Waals surface area contributed by atoms with Crippen LogP contribution in [0.1, 0.15) is 102 Å². The van der Waals surface area contributed by atoms with Crippen LogP contribution in [0, 0.1) is 23.7 Å². The summed E-state index contributed by atoms with van der Waals surface area (Å²) in [7, 11) is 0. The van der Waals surface area contributed by atoms with Crippen molar-refractivity contribution in [3.8, 4) is 22.8 Å². The maximum Gasteiger partial charge on any atom is 0.158 e. The zero-order valence-electron chi connectivity index (χ0n) is 30.9. The summed E-state index contributed by atoms with van der Waals surface area (Å²) in [5, 5.41) is 8.90. The van der Waals surface area contributed by atoms with Gasteiger partial charge in [-0.25, -0.2) is 0 Å². The van der Waals surface area contributed by atoms with Crippen LogP contribution in [0.25, 0.3) is 17.3 Å². The van der Waals surface area contributed by atoms with Gasteiger partial charge in [0.25, 0.3) is 0 Å². The van der Waals surface area contributed by atoms with Gasteiger partial charge in [0, 0.05) is 46.7 Å². The molecular formula is C45H54N4O2. The summed E-state index contributed by atoms with van der Waals surface area (Å²) in [5.41, 5.74) is 7.39. The quantitative estimate of drug-likeness (QED) is 0.225. The number of allylic oxidation sites excluding steroid dienone is 5. The maximum absolute atomic E-state index is 13.0. The largest absolute Gasteiger partial charge is 0.457 e. The maximum atomic E-state index is 13.0. The number of benzene rings is 2. The predicted molar refractivity (Wildman–Crippen MR) is 209 cm³/mol. The first kappa shape index (κ1) is 35.3. The lowest BCUT2D eigenvalue weighted by molar-refractivity contribution is -0.119. The van der Waals surface area contributed by atoms with Gasteiger partial charge in [0.15, 0.2) is 5.78 Å². The Morgan fingerprint density at radius 2 is 1.71 bits per heavy atom. The highest BCUT2D eigenvalue weighted by atomic mass is 16.5. The van der Waals surface area contributed by atoms with Crippen LogP contribution in [-0.2, 0) is 11.2 Å². The number of piperidine rings is 1. The van der Waals surface area contributed by atoms with E-state index in [-0.39, 0.29) is 17.6 Å². The summed E-state index contributed by atoms with van der Waals surface area (Å²) in [6, 6.07) is 17.4. The molecule has 2 aliphatic heterocycles. The van der Waals surface area contributed by atoms with Gasteiger partial charge in [-0.05, 0) is 124 Å². The van der Waals surface area contributed by atoms with Gasteiger partial charge in [-0.1, -0.05) is 70.9 Å². The summed E-state index contributed by atoms with van der Waals surface area (Å²) < 4.78 is 6.77. The number of carbonyl (C=O) groups excluding carboxylic acids is 1. The molecule has 2 aliphatic carbocycles. The van der Waals surface area contributed by atoms with E-state index >= 15 is 0 Å². The number of fused-ring (bicyclic) bond motifs is 1. The second-order valence-electron chi connectivity index (χ2n) is 15.5. The number of likely N-dealkylation sites (tertiary alicyclic amines) is 1. The molecule has 266 valence electrons. The lowest BCUT2D eigenvalue weighted by Crippen LogP contribution is -2.42. The number of hydrogen-bond donors (Lipinski definition) is 0. The molecule has 3 unspecified atom stereocenters. The standard InChI is InChI=1S/C45H54N4O2/c1-5-32-15-16-36-28-37(27-35-11-7-6-8-14-43(50)31(35)4)44(51-39-19-17-33(18-20-39)41-22-21-40(30(2)3)47-48-41)29-42(36)46-45(32)34-23-25-49(26-24-34)38-12-9-10-13-38/h6-8,14-22,28-32,34-35,38H,5,9-13,23-27H2,1-4H3. The monoisotopic (exact) mass is 682 g/mol. The smallest absolute Gasteiger partial charge is 0.158 e. The Morgan fingerprint density at radius 3 is 2.41 bits per heavy atom. The molecule has 2 fully saturated rings. The average Bonchev–Trinajstić information content (AvgIpc) is 3.63. The van der Waals surface area contributed by atoms with Gasteiger partial charge < -0.3 is 9.64 Å². The van der Waals surface area contributed by atoms with E-state index in [1.807, 2.05) is 42.5 Å². The van der Waals surface area contributed by atoms with Crippen LogP contribution in [0.3, 0.4) is 0 Å². The zero-order chi connectivity index (χ0) is 35.3. The third-order valence-corrected chi connectivity index (χ3v) is 11.8. The summed E-state index contributed by atoms with van der Waals surface area (Å²) in [6.45, 7) is 11.0. The molecule has 0 N–H and O–H groups in total. The van der Waals surface area contributed by atoms with Crippen LogP contribution in [0.5, 0.6) is 11.5 Å². The minimum absolute atomic E-state index is 0.0833. The topological polar surface area (TPSA) is 67.7 Å². The van der Waals surface area contributed by atoms with Crippen LogP contribution in [0.2, 0.25) is 0 Å². The Labute approximate surface area is 304 Å². The van der Waals surface area contributed by atoms with Crippen molar-refractivity contribution in [2.45, 2.75) is 97.4 Å². The van der Waals surface area contributed by atoms with E-state index in [4.69, 9.17) is 9.73 Å². The van der Waals surface area contributed by atoms with Crippen molar-refractivity contribution in [2.75, 3.05) is 13.1 Å². The first-order chi connectivity index (χ1) is 24.9. The molecule has 4 aliphatic rings. The van der Waals surface area contributed by atoms with Crippen molar-refractivity contribution < 1.29 is 9.53 Å². The van der Waals surface area contributed by atoms with Gasteiger partial charge in [0.1, 0.15) is 11.5 Å². The fraction of sp³-hybridized carbons (Fsp3) is 0.467. The minimum atomic E-state index is -0.0833. The minimum Gasteiger partial charge on any atom is -0.457 e. The molecule has 7 rings (SSSR count). The fourth-order valence-electron chi connectivity index (χ4n) is 8.47. The van der Waals surface area contributed by atoms with Crippen molar-refractivity contribution in [3.63, 3.8) is 0 Å². The normalized spacial score (nSPS) is 23.2. The summed E-state index contributed by atoms with van der Waals surface area (Å²) >= 11 is 0. The highest BCUT2D eigenvalue weighted by Gasteiger charge is 2.32. The highest BCUT2D eigenvalue weighted by molar-refractivity contribution is 5.95. The number of nitrogens with zero attached hydrogens (tertiary/aromatic N) is 4. The van der Waals surface area contributed by atoms with Gasteiger partial charge in [-0.3, -0.25) is 9.79 Å². The summed E-state index contributed by atoms with van der Waals surface area (Å²) in [5.74, 6) is 3.00. The molecule has 0 amide bonds. The van der Waals surface area contributed by atoms with Crippen LogP contribution < -0.4 is 4.74 Å². The van der Waals surface area contributed by atoms with Crippen LogP contribution in [0.4, 0.5) is 5.69 Å². The molecule has 3 aromatic rings. The van der Waals surface area contributed by atoms with E-state index in [9.17, 15) is 4.79 Å². The second kappa shape index (κ2) is 16.0. The summed E-state index contributed by atoms with van der Waals surface area (Å²) in [4.78, 5) is 21.3. The first-order valence-electron chi connectivity index (χ1n) is 19.5. The number of ketones is 1. The van der Waals surface area contributed by atoms with E-state index in [0.717, 1.165) is 70.6 Å². The number of hydrogen-bond acceptors (Lipinski definition) is 6. The van der Waals surface area contributed by atoms with E-state index in [1.165, 1.54) is 57.3 Å². The first-order valence-corrected chi connectivity index (χ1v) is 19.5. The lowest BCUT2D eigenvalue weighted by Gasteiger charge is -2.37. The Kier molecular flexibility index (Phi) is 11.1. The van der Waals surface area contributed by atoms with Gasteiger partial charge in [0.2, 0.25) is 0 Å². The van der Waals surface area contributed by atoms with Gasteiger partial charge in [0.05, 0.1) is 17.1 Å². The Morgan fingerprint density at radius 1 is 0.922 bits per heavy atom. The molecule has 3 atom stereocenters. The molecule has 0 bridgehead atoms. The molecule has 2 aromatic carbocycles. The molecule has 6 nitrogen and oxygen atoms in total. The van der Waals surface area contributed by atoms with E-state index in [0.29, 0.717) is 17.8 Å². The Balaban J connectivity index is 1.20. The molecular weight excluding hydrogens is 629 g/mol. The fourth-order valence-corrected chi connectivity index (χ4v) is 8.47. The molecule has 0 radical (unpaired) electrons. The lowest BCUT2D eigenvalue weighted by atomic mass is 9.81. The average molecular weight is 683 g/mol. The zero-order valence-corrected chi connectivity index (χ0v) is 30.9. The number of ether oxygens (including phenoxy) is 1. The van der Waals surface area contributed by atoms with Gasteiger partial charge >= 0.3 is 0 Å². The second-order valence-corrected chi connectivity index (χ2v) is 15.5. The van der Waals surface area contributed by atoms with Crippen molar-refractivity contribution >= 4 is 23.3 Å². The predicted octanol–water partition coefficient (Wildman–Crippen LogP) is 10.7. The molecule has 3 heterocycles. The molecule has 6 heteroatoms. The molecule has 1 saturated carbocycles. The molecule has 51 heavy (non-hydrogen) atoms. The number of aliphatic imine (C=N–C) groups is 1.